The lowest BCUT2D eigenvalue weighted by molar-refractivity contribution is 0.115. The summed E-state index contributed by atoms with van der Waals surface area (Å²) >= 11 is -5.62. The van der Waals surface area contributed by atoms with E-state index in [1.165, 1.54) is 0 Å². The van der Waals surface area contributed by atoms with Crippen LogP contribution in [-0.4, -0.2) is 60.2 Å². The molecule has 0 fully saturated rings. The lowest BCUT2D eigenvalue weighted by Gasteiger charge is -2.14. The molecule has 104 valence electrons. The van der Waals surface area contributed by atoms with Crippen LogP contribution in [-0.2, 0) is 40.9 Å². The van der Waals surface area contributed by atoms with Crippen LogP contribution >= 0.6 is 0 Å². The Morgan fingerprint density at radius 2 is 1.24 bits per heavy atom. The van der Waals surface area contributed by atoms with E-state index in [2.05, 4.69) is 8.37 Å². The van der Waals surface area contributed by atoms with Gasteiger partial charge in [-0.25, -0.2) is 16.8 Å². The van der Waals surface area contributed by atoms with Crippen molar-refractivity contribution in [3.8, 4) is 0 Å². The van der Waals surface area contributed by atoms with Crippen molar-refractivity contribution < 1.29 is 44.5 Å². The van der Waals surface area contributed by atoms with Crippen molar-refractivity contribution in [2.24, 2.45) is 0 Å². The first kappa shape index (κ1) is 17.0. The number of hydrogen-bond acceptors (Lipinski definition) is 8. The predicted molar refractivity (Wildman–Crippen MR) is 54.4 cm³/mol. The second-order valence-corrected chi connectivity index (χ2v) is 5.73. The van der Waals surface area contributed by atoms with Gasteiger partial charge >= 0.3 is 10.4 Å². The average Bonchev–Trinajstić information content (AvgIpc) is 2.22. The van der Waals surface area contributed by atoms with E-state index in [1.807, 2.05) is 0 Å². The largest absolute Gasteiger partial charge is 0.402 e. The zero-order chi connectivity index (χ0) is 13.6. The SMILES string of the molecule is O=S(O)C(CO)OS(=O)(=O)OC(CO)S(=O)O. The zero-order valence-corrected chi connectivity index (χ0v) is 10.5. The number of aliphatic hydroxyl groups excluding tert-OH is 2. The van der Waals surface area contributed by atoms with Gasteiger partial charge in [-0.3, -0.25) is 0 Å². The normalized spacial score (nSPS) is 19.5. The molecule has 0 amide bonds. The van der Waals surface area contributed by atoms with E-state index < -0.39 is 56.6 Å². The highest BCUT2D eigenvalue weighted by molar-refractivity contribution is 7.85. The Labute approximate surface area is 101 Å². The molecule has 4 atom stereocenters. The molecule has 0 aliphatic carbocycles. The Kier molecular flexibility index (Phi) is 7.45. The first-order chi connectivity index (χ1) is 7.73. The van der Waals surface area contributed by atoms with Crippen molar-refractivity contribution in [1.29, 1.82) is 0 Å². The fraction of sp³-hybridized carbons (Fsp3) is 1.00. The molecule has 0 heterocycles. The molecule has 0 aromatic rings. The van der Waals surface area contributed by atoms with E-state index in [1.54, 1.807) is 0 Å². The molecule has 0 spiro atoms. The maximum absolute atomic E-state index is 11.0. The van der Waals surface area contributed by atoms with Gasteiger partial charge in [0, 0.05) is 0 Å². The predicted octanol–water partition coefficient (Wildman–Crippen LogP) is -2.66. The third-order valence-corrected chi connectivity index (χ3v) is 3.77. The van der Waals surface area contributed by atoms with Crippen molar-refractivity contribution in [1.82, 2.24) is 0 Å². The summed E-state index contributed by atoms with van der Waals surface area (Å²) in [5.74, 6) is 0. The minimum absolute atomic E-state index is 1.10. The lowest BCUT2D eigenvalue weighted by atomic mass is 10.8. The number of aliphatic hydroxyl groups is 2. The van der Waals surface area contributed by atoms with Gasteiger partial charge in [-0.15, -0.1) is 0 Å². The summed E-state index contributed by atoms with van der Waals surface area (Å²) < 4.78 is 67.7. The second-order valence-electron chi connectivity index (χ2n) is 2.38. The molecule has 0 aromatic heterocycles. The molecular formula is C4H10O10S3. The van der Waals surface area contributed by atoms with Gasteiger partial charge in [0.25, 0.3) is 0 Å². The number of rotatable bonds is 8. The van der Waals surface area contributed by atoms with Gasteiger partial charge in [0.05, 0.1) is 13.2 Å². The smallest absolute Gasteiger partial charge is 0.393 e. The summed E-state index contributed by atoms with van der Waals surface area (Å²) in [6, 6.07) is 0. The molecule has 0 bridgehead atoms. The molecule has 17 heavy (non-hydrogen) atoms. The van der Waals surface area contributed by atoms with Crippen LogP contribution in [0.1, 0.15) is 0 Å². The van der Waals surface area contributed by atoms with Gasteiger partial charge in [-0.05, 0) is 0 Å². The molecule has 0 radical (unpaired) electrons. The van der Waals surface area contributed by atoms with Crippen molar-refractivity contribution >= 4 is 32.6 Å². The van der Waals surface area contributed by atoms with Gasteiger partial charge in [0.15, 0.2) is 22.2 Å². The van der Waals surface area contributed by atoms with Gasteiger partial charge in [-0.2, -0.15) is 8.42 Å². The highest BCUT2D eigenvalue weighted by atomic mass is 32.3. The Morgan fingerprint density at radius 3 is 1.41 bits per heavy atom. The summed E-state index contributed by atoms with van der Waals surface area (Å²) in [6.45, 7) is -2.20. The molecule has 13 heteroatoms. The molecule has 0 saturated heterocycles. The summed E-state index contributed by atoms with van der Waals surface area (Å²) in [7, 11) is -4.92. The van der Waals surface area contributed by atoms with Crippen LogP contribution in [0.15, 0.2) is 0 Å². The summed E-state index contributed by atoms with van der Waals surface area (Å²) in [5.41, 5.74) is -3.99. The standard InChI is InChI=1S/C4H10O10S3/c5-1-3(15(7)8)13-17(11,12)14-4(2-6)16(9)10/h3-6H,1-2H2,(H,7,8)(H,9,10). The van der Waals surface area contributed by atoms with Crippen LogP contribution in [0.4, 0.5) is 0 Å². The Hall–Kier alpha value is 0.01000. The Balaban J connectivity index is 4.68. The van der Waals surface area contributed by atoms with Crippen molar-refractivity contribution in [2.75, 3.05) is 13.2 Å². The fourth-order valence-corrected chi connectivity index (χ4v) is 2.60. The first-order valence-electron chi connectivity index (χ1n) is 3.76. The van der Waals surface area contributed by atoms with E-state index in [4.69, 9.17) is 19.3 Å². The van der Waals surface area contributed by atoms with Gasteiger partial charge in [0.1, 0.15) is 0 Å². The lowest BCUT2D eigenvalue weighted by Crippen LogP contribution is -2.32. The molecule has 4 unspecified atom stereocenters. The van der Waals surface area contributed by atoms with Crippen molar-refractivity contribution in [3.63, 3.8) is 0 Å². The topological polar surface area (TPSA) is 168 Å². The quantitative estimate of drug-likeness (QED) is 0.347. The van der Waals surface area contributed by atoms with Gasteiger partial charge in [-0.1, -0.05) is 0 Å². The van der Waals surface area contributed by atoms with E-state index in [0.29, 0.717) is 0 Å². The fourth-order valence-electron chi connectivity index (χ4n) is 0.541. The minimum atomic E-state index is -4.92. The van der Waals surface area contributed by atoms with Crippen molar-refractivity contribution in [3.05, 3.63) is 0 Å². The van der Waals surface area contributed by atoms with Crippen LogP contribution in [0.2, 0.25) is 0 Å². The molecule has 0 aliphatic rings. The molecular weight excluding hydrogens is 304 g/mol. The molecule has 0 rings (SSSR count). The third-order valence-electron chi connectivity index (χ3n) is 1.20. The second kappa shape index (κ2) is 7.45. The zero-order valence-electron chi connectivity index (χ0n) is 8.03. The van der Waals surface area contributed by atoms with Crippen LogP contribution in [0, 0.1) is 0 Å². The van der Waals surface area contributed by atoms with E-state index >= 15 is 0 Å². The van der Waals surface area contributed by atoms with Crippen LogP contribution < -0.4 is 0 Å². The highest BCUT2D eigenvalue weighted by Crippen LogP contribution is 2.09. The highest BCUT2D eigenvalue weighted by Gasteiger charge is 2.29. The maximum Gasteiger partial charge on any atom is 0.402 e. The molecule has 0 saturated carbocycles. The molecule has 4 N–H and O–H groups in total. The van der Waals surface area contributed by atoms with Crippen molar-refractivity contribution in [2.45, 2.75) is 10.9 Å². The van der Waals surface area contributed by atoms with E-state index in [-0.39, 0.29) is 0 Å². The summed E-state index contributed by atoms with van der Waals surface area (Å²) in [6.07, 6.45) is 0. The molecule has 0 aromatic carbocycles. The van der Waals surface area contributed by atoms with E-state index in [0.717, 1.165) is 0 Å². The monoisotopic (exact) mass is 314 g/mol. The van der Waals surface area contributed by atoms with E-state index in [9.17, 15) is 16.8 Å². The van der Waals surface area contributed by atoms with Crippen LogP contribution in [0.25, 0.3) is 0 Å². The average molecular weight is 314 g/mol. The van der Waals surface area contributed by atoms with Crippen LogP contribution in [0.5, 0.6) is 0 Å². The minimum Gasteiger partial charge on any atom is -0.393 e. The maximum atomic E-state index is 11.0. The Morgan fingerprint density at radius 1 is 0.941 bits per heavy atom. The van der Waals surface area contributed by atoms with Gasteiger partial charge in [0.2, 0.25) is 10.9 Å². The third kappa shape index (κ3) is 6.49. The summed E-state index contributed by atoms with van der Waals surface area (Å²) in [4.78, 5) is 0. The van der Waals surface area contributed by atoms with Crippen LogP contribution in [0.3, 0.4) is 0 Å². The molecule has 0 aliphatic heterocycles. The first-order valence-corrected chi connectivity index (χ1v) is 7.43. The molecule has 10 nitrogen and oxygen atoms in total. The Bertz CT molecular complexity index is 345. The number of hydrogen-bond donors (Lipinski definition) is 4. The van der Waals surface area contributed by atoms with Gasteiger partial charge < -0.3 is 19.3 Å². The summed E-state index contributed by atoms with van der Waals surface area (Å²) in [5, 5.41) is 17.0.